The predicted molar refractivity (Wildman–Crippen MR) is 65.0 cm³/mol. The van der Waals surface area contributed by atoms with E-state index in [4.69, 9.17) is 9.84 Å². The number of rotatable bonds is 6. The van der Waals surface area contributed by atoms with Crippen LogP contribution in [0, 0.1) is 10.1 Å². The molecule has 6 nitrogen and oxygen atoms in total. The van der Waals surface area contributed by atoms with Crippen molar-refractivity contribution in [1.82, 2.24) is 0 Å². The fourth-order valence-electron chi connectivity index (χ4n) is 1.28. The van der Waals surface area contributed by atoms with Crippen LogP contribution >= 0.6 is 0 Å². The highest BCUT2D eigenvalue weighted by Gasteiger charge is 2.20. The fourth-order valence-corrected chi connectivity index (χ4v) is 1.28. The van der Waals surface area contributed by atoms with E-state index >= 15 is 0 Å². The third-order valence-electron chi connectivity index (χ3n) is 2.19. The van der Waals surface area contributed by atoms with Crippen LogP contribution in [-0.2, 0) is 0 Å². The van der Waals surface area contributed by atoms with Gasteiger partial charge in [0, 0.05) is 6.42 Å². The molecule has 1 N–H and O–H groups in total. The fraction of sp³-hybridized carbons (Fsp3) is 0.250. The standard InChI is InChI=1S/C12H13NO5/c1-8(2)5-6-18-9-3-4-10(12(14)15)11(7-9)13(16)17/h3-4,7H,1,5-6H2,2H3,(H,14,15). The van der Waals surface area contributed by atoms with Crippen LogP contribution in [0.4, 0.5) is 5.69 Å². The highest BCUT2D eigenvalue weighted by Crippen LogP contribution is 2.24. The van der Waals surface area contributed by atoms with Gasteiger partial charge >= 0.3 is 5.97 Å². The lowest BCUT2D eigenvalue weighted by atomic mass is 10.1. The van der Waals surface area contributed by atoms with Gasteiger partial charge in [-0.1, -0.05) is 5.57 Å². The molecule has 0 radical (unpaired) electrons. The normalized spacial score (nSPS) is 9.83. The molecule has 0 saturated heterocycles. The average Bonchev–Trinajstić information content (AvgIpc) is 2.28. The van der Waals surface area contributed by atoms with Crippen LogP contribution in [0.25, 0.3) is 0 Å². The van der Waals surface area contributed by atoms with E-state index in [0.717, 1.165) is 17.7 Å². The van der Waals surface area contributed by atoms with Crippen LogP contribution in [0.15, 0.2) is 30.4 Å². The minimum Gasteiger partial charge on any atom is -0.493 e. The van der Waals surface area contributed by atoms with Crippen molar-refractivity contribution in [3.8, 4) is 5.75 Å². The Bertz CT molecular complexity index is 495. The summed E-state index contributed by atoms with van der Waals surface area (Å²) in [5, 5.41) is 19.5. The van der Waals surface area contributed by atoms with Crippen LogP contribution in [0.5, 0.6) is 5.75 Å². The maximum Gasteiger partial charge on any atom is 0.342 e. The Morgan fingerprint density at radius 2 is 2.22 bits per heavy atom. The molecule has 1 rings (SSSR count). The SMILES string of the molecule is C=C(C)CCOc1ccc(C(=O)O)c([N+](=O)[O-])c1. The van der Waals surface area contributed by atoms with E-state index < -0.39 is 16.6 Å². The Labute approximate surface area is 104 Å². The zero-order valence-corrected chi connectivity index (χ0v) is 9.88. The number of carboxylic acids is 1. The summed E-state index contributed by atoms with van der Waals surface area (Å²) < 4.78 is 5.28. The van der Waals surface area contributed by atoms with Crippen LogP contribution < -0.4 is 4.74 Å². The molecule has 0 aliphatic heterocycles. The number of hydrogen-bond donors (Lipinski definition) is 1. The molecule has 18 heavy (non-hydrogen) atoms. The maximum atomic E-state index is 10.8. The summed E-state index contributed by atoms with van der Waals surface area (Å²) in [5.74, 6) is -1.07. The number of nitrogens with zero attached hydrogens (tertiary/aromatic N) is 1. The molecular weight excluding hydrogens is 238 g/mol. The molecule has 6 heteroatoms. The van der Waals surface area contributed by atoms with Gasteiger partial charge in [0.15, 0.2) is 0 Å². The van der Waals surface area contributed by atoms with Crippen molar-refractivity contribution in [2.75, 3.05) is 6.61 Å². The summed E-state index contributed by atoms with van der Waals surface area (Å²) in [4.78, 5) is 20.8. The van der Waals surface area contributed by atoms with E-state index in [1.807, 2.05) is 6.92 Å². The molecule has 0 unspecified atom stereocenters. The number of ether oxygens (including phenoxy) is 1. The molecule has 0 fully saturated rings. The Kier molecular flexibility index (Phi) is 4.42. The van der Waals surface area contributed by atoms with E-state index in [2.05, 4.69) is 6.58 Å². The van der Waals surface area contributed by atoms with Gasteiger partial charge in [-0.05, 0) is 19.1 Å². The number of nitro groups is 1. The molecule has 0 spiro atoms. The summed E-state index contributed by atoms with van der Waals surface area (Å²) >= 11 is 0. The van der Waals surface area contributed by atoms with Crippen molar-refractivity contribution in [2.45, 2.75) is 13.3 Å². The Morgan fingerprint density at radius 3 is 2.72 bits per heavy atom. The molecule has 0 atom stereocenters. The average molecular weight is 251 g/mol. The van der Waals surface area contributed by atoms with Gasteiger partial charge < -0.3 is 9.84 Å². The van der Waals surface area contributed by atoms with Crippen molar-refractivity contribution in [3.05, 3.63) is 46.0 Å². The first-order chi connectivity index (χ1) is 8.41. The molecule has 0 aliphatic carbocycles. The van der Waals surface area contributed by atoms with E-state index in [9.17, 15) is 14.9 Å². The second kappa shape index (κ2) is 5.81. The number of carboxylic acid groups (broad SMARTS) is 1. The Hall–Kier alpha value is -2.37. The number of carbonyl (C=O) groups is 1. The number of hydrogen-bond acceptors (Lipinski definition) is 4. The summed E-state index contributed by atoms with van der Waals surface area (Å²) in [7, 11) is 0. The van der Waals surface area contributed by atoms with Crippen molar-refractivity contribution in [2.24, 2.45) is 0 Å². The van der Waals surface area contributed by atoms with Crippen molar-refractivity contribution < 1.29 is 19.6 Å². The second-order valence-corrected chi connectivity index (χ2v) is 3.80. The van der Waals surface area contributed by atoms with Gasteiger partial charge in [0.2, 0.25) is 0 Å². The molecule has 0 heterocycles. The number of aromatic carboxylic acids is 1. The summed E-state index contributed by atoms with van der Waals surface area (Å²) in [6.45, 7) is 5.90. The largest absolute Gasteiger partial charge is 0.493 e. The molecule has 0 bridgehead atoms. The van der Waals surface area contributed by atoms with Crippen LogP contribution in [0.1, 0.15) is 23.7 Å². The first-order valence-electron chi connectivity index (χ1n) is 5.20. The second-order valence-electron chi connectivity index (χ2n) is 3.80. The van der Waals surface area contributed by atoms with Gasteiger partial charge in [0.05, 0.1) is 17.6 Å². The molecule has 96 valence electrons. The van der Waals surface area contributed by atoms with E-state index in [-0.39, 0.29) is 11.3 Å². The topological polar surface area (TPSA) is 89.7 Å². The van der Waals surface area contributed by atoms with Gasteiger partial charge in [-0.3, -0.25) is 10.1 Å². The van der Waals surface area contributed by atoms with Crippen LogP contribution in [0.3, 0.4) is 0 Å². The predicted octanol–water partition coefficient (Wildman–Crippen LogP) is 2.64. The molecule has 0 aliphatic rings. The minimum absolute atomic E-state index is 0.271. The summed E-state index contributed by atoms with van der Waals surface area (Å²) in [6, 6.07) is 3.67. The smallest absolute Gasteiger partial charge is 0.342 e. The first kappa shape index (κ1) is 13.7. The number of benzene rings is 1. The Morgan fingerprint density at radius 1 is 1.56 bits per heavy atom. The minimum atomic E-state index is -1.34. The molecule has 0 amide bonds. The molecular formula is C12H13NO5. The molecule has 0 aromatic heterocycles. The molecule has 0 saturated carbocycles. The lowest BCUT2D eigenvalue weighted by Gasteiger charge is -2.06. The third-order valence-corrected chi connectivity index (χ3v) is 2.19. The van der Waals surface area contributed by atoms with Gasteiger partial charge in [-0.15, -0.1) is 6.58 Å². The zero-order valence-electron chi connectivity index (χ0n) is 9.88. The van der Waals surface area contributed by atoms with Crippen LogP contribution in [0.2, 0.25) is 0 Å². The lowest BCUT2D eigenvalue weighted by molar-refractivity contribution is -0.385. The molecule has 1 aromatic rings. The summed E-state index contributed by atoms with van der Waals surface area (Å²) in [6.07, 6.45) is 0.633. The van der Waals surface area contributed by atoms with Crippen LogP contribution in [-0.4, -0.2) is 22.6 Å². The Balaban J connectivity index is 2.90. The molecule has 1 aromatic carbocycles. The number of nitro benzene ring substituents is 1. The highest BCUT2D eigenvalue weighted by molar-refractivity contribution is 5.92. The summed E-state index contributed by atoms with van der Waals surface area (Å²) in [5.41, 5.74) is 0.106. The lowest BCUT2D eigenvalue weighted by Crippen LogP contribution is -2.04. The third kappa shape index (κ3) is 3.58. The first-order valence-corrected chi connectivity index (χ1v) is 5.20. The van der Waals surface area contributed by atoms with Gasteiger partial charge in [-0.2, -0.15) is 0 Å². The zero-order chi connectivity index (χ0) is 13.7. The van der Waals surface area contributed by atoms with Gasteiger partial charge in [-0.25, -0.2) is 4.79 Å². The maximum absolute atomic E-state index is 10.8. The van der Waals surface area contributed by atoms with Crippen molar-refractivity contribution in [1.29, 1.82) is 0 Å². The van der Waals surface area contributed by atoms with E-state index in [1.165, 1.54) is 6.07 Å². The monoisotopic (exact) mass is 251 g/mol. The van der Waals surface area contributed by atoms with Crippen molar-refractivity contribution >= 4 is 11.7 Å². The van der Waals surface area contributed by atoms with Gasteiger partial charge in [0.1, 0.15) is 11.3 Å². The van der Waals surface area contributed by atoms with Crippen molar-refractivity contribution in [3.63, 3.8) is 0 Å². The quantitative estimate of drug-likeness (QED) is 0.477. The van der Waals surface area contributed by atoms with Gasteiger partial charge in [0.25, 0.3) is 5.69 Å². The highest BCUT2D eigenvalue weighted by atomic mass is 16.6. The van der Waals surface area contributed by atoms with E-state index in [1.54, 1.807) is 0 Å². The van der Waals surface area contributed by atoms with E-state index in [0.29, 0.717) is 13.0 Å².